The van der Waals surface area contributed by atoms with E-state index in [-0.39, 0.29) is 28.6 Å². The summed E-state index contributed by atoms with van der Waals surface area (Å²) in [6.07, 6.45) is 1.46. The fraction of sp³-hybridized carbons (Fsp3) is 0.429. The van der Waals surface area contributed by atoms with Crippen molar-refractivity contribution in [1.82, 2.24) is 5.32 Å². The lowest BCUT2D eigenvalue weighted by Gasteiger charge is -2.09. The van der Waals surface area contributed by atoms with E-state index in [0.717, 1.165) is 6.07 Å². The summed E-state index contributed by atoms with van der Waals surface area (Å²) in [4.78, 5) is 22.7. The molecular formula is C14H20N2O6S. The van der Waals surface area contributed by atoms with Crippen LogP contribution in [0.15, 0.2) is 23.1 Å². The molecule has 0 aromatic heterocycles. The molecule has 0 unspecified atom stereocenters. The van der Waals surface area contributed by atoms with Crippen LogP contribution >= 0.6 is 0 Å². The first-order chi connectivity index (χ1) is 10.8. The second kappa shape index (κ2) is 8.49. The molecule has 0 aliphatic heterocycles. The maximum absolute atomic E-state index is 12.0. The number of carbonyl (C=O) groups is 2. The average Bonchev–Trinajstić information content (AvgIpc) is 2.52. The van der Waals surface area contributed by atoms with Crippen molar-refractivity contribution in [3.05, 3.63) is 23.8 Å². The summed E-state index contributed by atoms with van der Waals surface area (Å²) in [5.41, 5.74) is 0.155. The number of amides is 1. The van der Waals surface area contributed by atoms with Gasteiger partial charge in [-0.15, -0.1) is 0 Å². The second-order valence-electron chi connectivity index (χ2n) is 4.70. The maximum atomic E-state index is 12.0. The van der Waals surface area contributed by atoms with Gasteiger partial charge in [-0.05, 0) is 31.0 Å². The summed E-state index contributed by atoms with van der Waals surface area (Å²) < 4.78 is 32.4. The van der Waals surface area contributed by atoms with Gasteiger partial charge in [0.25, 0.3) is 5.91 Å². The number of hydrogen-bond acceptors (Lipinski definition) is 6. The van der Waals surface area contributed by atoms with Gasteiger partial charge in [0.1, 0.15) is 10.6 Å². The van der Waals surface area contributed by atoms with Gasteiger partial charge in [-0.3, -0.25) is 9.59 Å². The summed E-state index contributed by atoms with van der Waals surface area (Å²) >= 11 is 0. The highest BCUT2D eigenvalue weighted by Crippen LogP contribution is 2.23. The number of ether oxygens (including phenoxy) is 2. The zero-order valence-electron chi connectivity index (χ0n) is 13.0. The minimum Gasteiger partial charge on any atom is -0.495 e. The molecule has 1 aromatic rings. The molecule has 3 N–H and O–H groups in total. The van der Waals surface area contributed by atoms with Crippen molar-refractivity contribution in [2.75, 3.05) is 20.8 Å². The topological polar surface area (TPSA) is 125 Å². The van der Waals surface area contributed by atoms with Crippen LogP contribution in [0.4, 0.5) is 0 Å². The van der Waals surface area contributed by atoms with Crippen LogP contribution < -0.4 is 15.2 Å². The highest BCUT2D eigenvalue weighted by molar-refractivity contribution is 7.89. The van der Waals surface area contributed by atoms with Crippen LogP contribution in [-0.4, -0.2) is 41.1 Å². The Morgan fingerprint density at radius 2 is 1.91 bits per heavy atom. The molecule has 0 aliphatic rings. The van der Waals surface area contributed by atoms with Gasteiger partial charge < -0.3 is 14.8 Å². The number of hydrogen-bond donors (Lipinski definition) is 2. The van der Waals surface area contributed by atoms with Gasteiger partial charge in [-0.1, -0.05) is 0 Å². The lowest BCUT2D eigenvalue weighted by atomic mass is 10.2. The molecule has 128 valence electrons. The molecule has 9 heteroatoms. The Balaban J connectivity index is 2.65. The predicted octanol–water partition coefficient (Wildman–Crippen LogP) is 0.416. The SMILES string of the molecule is COC(=O)CCCCNC(=O)c1ccc(OC)c(S(N)(=O)=O)c1. The molecular weight excluding hydrogens is 324 g/mol. The Morgan fingerprint density at radius 1 is 1.22 bits per heavy atom. The van der Waals surface area contributed by atoms with E-state index in [1.807, 2.05) is 0 Å². The van der Waals surface area contributed by atoms with Gasteiger partial charge in [-0.25, -0.2) is 13.6 Å². The first-order valence-electron chi connectivity index (χ1n) is 6.85. The minimum absolute atomic E-state index is 0.0714. The predicted molar refractivity (Wildman–Crippen MR) is 82.6 cm³/mol. The number of primary sulfonamides is 1. The van der Waals surface area contributed by atoms with E-state index < -0.39 is 15.9 Å². The third kappa shape index (κ3) is 5.87. The summed E-state index contributed by atoms with van der Waals surface area (Å²) in [5, 5.41) is 7.74. The number of sulfonamides is 1. The Labute approximate surface area is 135 Å². The highest BCUT2D eigenvalue weighted by Gasteiger charge is 2.17. The van der Waals surface area contributed by atoms with E-state index in [1.165, 1.54) is 26.4 Å². The van der Waals surface area contributed by atoms with Gasteiger partial charge in [0.2, 0.25) is 10.0 Å². The lowest BCUT2D eigenvalue weighted by Crippen LogP contribution is -2.25. The molecule has 0 spiro atoms. The monoisotopic (exact) mass is 344 g/mol. The molecule has 1 amide bonds. The van der Waals surface area contributed by atoms with E-state index in [2.05, 4.69) is 10.1 Å². The van der Waals surface area contributed by atoms with Crippen LogP contribution in [0.1, 0.15) is 29.6 Å². The Morgan fingerprint density at radius 3 is 2.48 bits per heavy atom. The van der Waals surface area contributed by atoms with Gasteiger partial charge in [0.05, 0.1) is 14.2 Å². The van der Waals surface area contributed by atoms with Crippen LogP contribution in [0.5, 0.6) is 5.75 Å². The normalized spacial score (nSPS) is 10.9. The summed E-state index contributed by atoms with van der Waals surface area (Å²) in [6.45, 7) is 0.354. The average molecular weight is 344 g/mol. The first kappa shape index (κ1) is 18.9. The van der Waals surface area contributed by atoms with Crippen LogP contribution in [0.2, 0.25) is 0 Å². The zero-order chi connectivity index (χ0) is 17.5. The summed E-state index contributed by atoms with van der Waals surface area (Å²) in [5.74, 6) is -0.665. The van der Waals surface area contributed by atoms with Crippen molar-refractivity contribution in [2.24, 2.45) is 5.14 Å². The highest BCUT2D eigenvalue weighted by atomic mass is 32.2. The standard InChI is InChI=1S/C14H20N2O6S/c1-21-11-7-6-10(9-12(11)23(15,19)20)14(18)16-8-4-3-5-13(17)22-2/h6-7,9H,3-5,8H2,1-2H3,(H,16,18)(H2,15,19,20). The second-order valence-corrected chi connectivity index (χ2v) is 6.23. The van der Waals surface area contributed by atoms with E-state index in [1.54, 1.807) is 0 Å². The maximum Gasteiger partial charge on any atom is 0.305 e. The molecule has 0 saturated heterocycles. The molecule has 1 rings (SSSR count). The van der Waals surface area contributed by atoms with Crippen molar-refractivity contribution in [3.8, 4) is 5.75 Å². The van der Waals surface area contributed by atoms with E-state index in [9.17, 15) is 18.0 Å². The van der Waals surface area contributed by atoms with E-state index in [4.69, 9.17) is 9.88 Å². The quantitative estimate of drug-likeness (QED) is 0.520. The Hall–Kier alpha value is -2.13. The number of nitrogens with two attached hydrogens (primary N) is 1. The number of benzene rings is 1. The number of rotatable bonds is 8. The minimum atomic E-state index is -4.00. The van der Waals surface area contributed by atoms with Gasteiger partial charge in [-0.2, -0.15) is 0 Å². The molecule has 0 fully saturated rings. The number of unbranched alkanes of at least 4 members (excludes halogenated alkanes) is 1. The number of carbonyl (C=O) groups excluding carboxylic acids is 2. The largest absolute Gasteiger partial charge is 0.495 e. The summed E-state index contributed by atoms with van der Waals surface area (Å²) in [6, 6.07) is 3.97. The molecule has 0 saturated carbocycles. The lowest BCUT2D eigenvalue weighted by molar-refractivity contribution is -0.140. The zero-order valence-corrected chi connectivity index (χ0v) is 13.8. The molecule has 0 heterocycles. The third-order valence-electron chi connectivity index (χ3n) is 3.05. The van der Waals surface area contributed by atoms with E-state index in [0.29, 0.717) is 19.4 Å². The molecule has 0 aliphatic carbocycles. The molecule has 23 heavy (non-hydrogen) atoms. The molecule has 0 bridgehead atoms. The molecule has 1 aromatic carbocycles. The Bertz CT molecular complexity index is 672. The Kier molecular flexibility index (Phi) is 6.98. The van der Waals surface area contributed by atoms with Crippen LogP contribution in [0.3, 0.4) is 0 Å². The van der Waals surface area contributed by atoms with Gasteiger partial charge >= 0.3 is 5.97 Å². The van der Waals surface area contributed by atoms with Crippen molar-refractivity contribution in [2.45, 2.75) is 24.2 Å². The fourth-order valence-corrected chi connectivity index (χ4v) is 2.56. The van der Waals surface area contributed by atoms with E-state index >= 15 is 0 Å². The molecule has 0 radical (unpaired) electrons. The van der Waals surface area contributed by atoms with Crippen LogP contribution in [0, 0.1) is 0 Å². The molecule has 0 atom stereocenters. The first-order valence-corrected chi connectivity index (χ1v) is 8.40. The van der Waals surface area contributed by atoms with Gasteiger partial charge in [0, 0.05) is 18.5 Å². The number of nitrogens with one attached hydrogen (secondary N) is 1. The van der Waals surface area contributed by atoms with Crippen molar-refractivity contribution in [1.29, 1.82) is 0 Å². The summed E-state index contributed by atoms with van der Waals surface area (Å²) in [7, 11) is -1.37. The number of esters is 1. The number of methoxy groups -OCH3 is 2. The molecule has 8 nitrogen and oxygen atoms in total. The third-order valence-corrected chi connectivity index (χ3v) is 3.99. The fourth-order valence-electron chi connectivity index (χ4n) is 1.84. The van der Waals surface area contributed by atoms with Crippen molar-refractivity contribution < 1.29 is 27.5 Å². The van der Waals surface area contributed by atoms with Crippen LogP contribution in [-0.2, 0) is 19.6 Å². The van der Waals surface area contributed by atoms with Gasteiger partial charge in [0.15, 0.2) is 0 Å². The smallest absolute Gasteiger partial charge is 0.305 e. The van der Waals surface area contributed by atoms with Crippen molar-refractivity contribution >= 4 is 21.9 Å². The van der Waals surface area contributed by atoms with Crippen LogP contribution in [0.25, 0.3) is 0 Å². The van der Waals surface area contributed by atoms with Crippen molar-refractivity contribution in [3.63, 3.8) is 0 Å².